The number of nitrogens with one attached hydrogen (secondary N) is 2. The van der Waals surface area contributed by atoms with E-state index >= 15 is 0 Å². The molecule has 2 N–H and O–H groups in total. The molecule has 1 aromatic carbocycles. The van der Waals surface area contributed by atoms with E-state index in [0.717, 1.165) is 6.07 Å². The number of carbonyl (C=O) groups is 1. The van der Waals surface area contributed by atoms with Crippen molar-refractivity contribution < 1.29 is 32.2 Å². The van der Waals surface area contributed by atoms with Crippen molar-refractivity contribution in [3.63, 3.8) is 0 Å². The third-order valence-electron chi connectivity index (χ3n) is 3.69. The summed E-state index contributed by atoms with van der Waals surface area (Å²) in [5, 5.41) is 2.46. The van der Waals surface area contributed by atoms with Gasteiger partial charge in [0.25, 0.3) is 11.5 Å². The van der Waals surface area contributed by atoms with Crippen LogP contribution in [0.4, 0.5) is 13.2 Å². The molecule has 7 nitrogen and oxygen atoms in total. The number of hydrogen-bond acceptors (Lipinski definition) is 5. The molecule has 27 heavy (non-hydrogen) atoms. The Hall–Kier alpha value is -3.17. The first kappa shape index (κ1) is 20.1. The van der Waals surface area contributed by atoms with E-state index in [2.05, 4.69) is 5.32 Å². The minimum Gasteiger partial charge on any atom is -0.496 e. The highest BCUT2D eigenvalue weighted by atomic mass is 19.4. The summed E-state index contributed by atoms with van der Waals surface area (Å²) in [6.45, 7) is -0.0528. The average Bonchev–Trinajstić information content (AvgIpc) is 2.64. The Morgan fingerprint density at radius 1 is 1.04 bits per heavy atom. The predicted octanol–water partition coefficient (Wildman–Crippen LogP) is 2.35. The van der Waals surface area contributed by atoms with Crippen molar-refractivity contribution >= 4 is 5.91 Å². The molecule has 0 aliphatic rings. The van der Waals surface area contributed by atoms with Crippen LogP contribution in [0, 0.1) is 0 Å². The number of alkyl halides is 3. The van der Waals surface area contributed by atoms with Gasteiger partial charge in [0.2, 0.25) is 0 Å². The molecule has 2 aromatic rings. The van der Waals surface area contributed by atoms with Gasteiger partial charge in [-0.05, 0) is 18.2 Å². The Labute approximate surface area is 152 Å². The van der Waals surface area contributed by atoms with Crippen molar-refractivity contribution in [3.05, 3.63) is 51.4 Å². The number of methoxy groups -OCH3 is 3. The summed E-state index contributed by atoms with van der Waals surface area (Å²) >= 11 is 0. The lowest BCUT2D eigenvalue weighted by molar-refractivity contribution is -0.141. The molecule has 0 aliphatic heterocycles. The summed E-state index contributed by atoms with van der Waals surface area (Å²) in [6.07, 6.45) is -4.71. The Balaban J connectivity index is 2.22. The Bertz CT molecular complexity index is 893. The molecule has 146 valence electrons. The lowest BCUT2D eigenvalue weighted by Gasteiger charge is -2.14. The zero-order chi connectivity index (χ0) is 20.2. The number of rotatable bonds is 6. The zero-order valence-electron chi connectivity index (χ0n) is 14.7. The van der Waals surface area contributed by atoms with Crippen LogP contribution in [0.25, 0.3) is 0 Å². The monoisotopic (exact) mass is 386 g/mol. The summed E-state index contributed by atoms with van der Waals surface area (Å²) in [6, 6.07) is 4.59. The standard InChI is InChI=1S/C17H17F3N2O5/c1-25-11-7-13(27-3)12(26-2)6-9(11)8-21-15(23)10-4-5-14(17(18,19)20)22-16(10)24/h4-7H,8H2,1-3H3,(H,21,23)(H,22,24). The second-order valence-electron chi connectivity index (χ2n) is 5.31. The molecule has 2 rings (SSSR count). The van der Waals surface area contributed by atoms with Gasteiger partial charge in [-0.15, -0.1) is 0 Å². The fourth-order valence-corrected chi connectivity index (χ4v) is 2.32. The summed E-state index contributed by atoms with van der Waals surface area (Å²) in [5.74, 6) is 0.384. The zero-order valence-corrected chi connectivity index (χ0v) is 14.7. The maximum Gasteiger partial charge on any atom is 0.431 e. The number of aromatic nitrogens is 1. The smallest absolute Gasteiger partial charge is 0.431 e. The lowest BCUT2D eigenvalue weighted by Crippen LogP contribution is -2.30. The van der Waals surface area contributed by atoms with E-state index in [1.807, 2.05) is 0 Å². The van der Waals surface area contributed by atoms with Gasteiger partial charge in [0.1, 0.15) is 17.0 Å². The second-order valence-corrected chi connectivity index (χ2v) is 5.31. The van der Waals surface area contributed by atoms with Gasteiger partial charge < -0.3 is 24.5 Å². The minimum absolute atomic E-state index is 0.0528. The number of ether oxygens (including phenoxy) is 3. The highest BCUT2D eigenvalue weighted by Crippen LogP contribution is 2.34. The Morgan fingerprint density at radius 2 is 1.63 bits per heavy atom. The molecule has 0 unspecified atom stereocenters. The van der Waals surface area contributed by atoms with Crippen LogP contribution >= 0.6 is 0 Å². The van der Waals surface area contributed by atoms with Crippen molar-refractivity contribution in [2.45, 2.75) is 12.7 Å². The van der Waals surface area contributed by atoms with Crippen molar-refractivity contribution in [2.75, 3.05) is 21.3 Å². The first-order chi connectivity index (χ1) is 12.7. The summed E-state index contributed by atoms with van der Waals surface area (Å²) in [5.41, 5.74) is -2.29. The van der Waals surface area contributed by atoms with Crippen LogP contribution < -0.4 is 25.1 Å². The average molecular weight is 386 g/mol. The van der Waals surface area contributed by atoms with Crippen LogP contribution in [-0.2, 0) is 12.7 Å². The topological polar surface area (TPSA) is 89.7 Å². The molecule has 0 saturated heterocycles. The highest BCUT2D eigenvalue weighted by molar-refractivity contribution is 5.93. The highest BCUT2D eigenvalue weighted by Gasteiger charge is 2.32. The molecule has 1 heterocycles. The van der Waals surface area contributed by atoms with E-state index < -0.39 is 28.9 Å². The third kappa shape index (κ3) is 4.52. The van der Waals surface area contributed by atoms with Crippen LogP contribution in [0.15, 0.2) is 29.1 Å². The van der Waals surface area contributed by atoms with Gasteiger partial charge >= 0.3 is 6.18 Å². The molecule has 0 fully saturated rings. The van der Waals surface area contributed by atoms with E-state index in [0.29, 0.717) is 28.9 Å². The van der Waals surface area contributed by atoms with Crippen molar-refractivity contribution in [2.24, 2.45) is 0 Å². The number of carbonyl (C=O) groups excluding carboxylic acids is 1. The molecule has 0 bridgehead atoms. The van der Waals surface area contributed by atoms with Gasteiger partial charge in [-0.1, -0.05) is 0 Å². The molecule has 0 radical (unpaired) electrons. The Morgan fingerprint density at radius 3 is 2.15 bits per heavy atom. The maximum absolute atomic E-state index is 12.6. The SMILES string of the molecule is COc1cc(OC)c(OC)cc1CNC(=O)c1ccc(C(F)(F)F)[nH]c1=O. The normalized spacial score (nSPS) is 11.0. The molecular weight excluding hydrogens is 369 g/mol. The summed E-state index contributed by atoms with van der Waals surface area (Å²) < 4.78 is 53.3. The molecular formula is C17H17F3N2O5. The third-order valence-corrected chi connectivity index (χ3v) is 3.69. The largest absolute Gasteiger partial charge is 0.496 e. The summed E-state index contributed by atoms with van der Waals surface area (Å²) in [4.78, 5) is 25.6. The fourth-order valence-electron chi connectivity index (χ4n) is 2.32. The second kappa shape index (κ2) is 8.02. The first-order valence-electron chi connectivity index (χ1n) is 7.58. The van der Waals surface area contributed by atoms with Gasteiger partial charge in [0, 0.05) is 18.2 Å². The number of H-pyrrole nitrogens is 1. The lowest BCUT2D eigenvalue weighted by atomic mass is 10.1. The number of hydrogen-bond donors (Lipinski definition) is 2. The van der Waals surface area contributed by atoms with Crippen molar-refractivity contribution in [3.8, 4) is 17.2 Å². The number of aromatic amines is 1. The Kier molecular flexibility index (Phi) is 5.98. The van der Waals surface area contributed by atoms with Gasteiger partial charge in [0.05, 0.1) is 21.3 Å². The predicted molar refractivity (Wildman–Crippen MR) is 89.3 cm³/mol. The van der Waals surface area contributed by atoms with Gasteiger partial charge in [0.15, 0.2) is 11.5 Å². The van der Waals surface area contributed by atoms with Gasteiger partial charge in [-0.2, -0.15) is 13.2 Å². The molecule has 10 heteroatoms. The van der Waals surface area contributed by atoms with Crippen LogP contribution in [-0.4, -0.2) is 32.2 Å². The van der Waals surface area contributed by atoms with Crippen LogP contribution in [0.3, 0.4) is 0 Å². The molecule has 1 aromatic heterocycles. The van der Waals surface area contributed by atoms with E-state index in [1.165, 1.54) is 21.3 Å². The number of halogens is 3. The molecule has 0 atom stereocenters. The molecule has 0 aliphatic carbocycles. The van der Waals surface area contributed by atoms with Gasteiger partial charge in [-0.3, -0.25) is 9.59 Å². The minimum atomic E-state index is -4.71. The van der Waals surface area contributed by atoms with E-state index in [-0.39, 0.29) is 6.54 Å². The first-order valence-corrected chi connectivity index (χ1v) is 7.58. The van der Waals surface area contributed by atoms with E-state index in [1.54, 1.807) is 17.1 Å². The number of benzene rings is 1. The van der Waals surface area contributed by atoms with Crippen molar-refractivity contribution in [1.29, 1.82) is 0 Å². The molecule has 0 saturated carbocycles. The quantitative estimate of drug-likeness (QED) is 0.796. The fraction of sp³-hybridized carbons (Fsp3) is 0.294. The van der Waals surface area contributed by atoms with Crippen LogP contribution in [0.2, 0.25) is 0 Å². The van der Waals surface area contributed by atoms with Gasteiger partial charge in [-0.25, -0.2) is 0 Å². The summed E-state index contributed by atoms with van der Waals surface area (Å²) in [7, 11) is 4.32. The number of amides is 1. The maximum atomic E-state index is 12.6. The van der Waals surface area contributed by atoms with Crippen molar-refractivity contribution in [1.82, 2.24) is 10.3 Å². The van der Waals surface area contributed by atoms with E-state index in [4.69, 9.17) is 14.2 Å². The van der Waals surface area contributed by atoms with Crippen LogP contribution in [0.1, 0.15) is 21.6 Å². The molecule has 1 amide bonds. The molecule has 0 spiro atoms. The number of pyridine rings is 1. The van der Waals surface area contributed by atoms with Crippen LogP contribution in [0.5, 0.6) is 17.2 Å². The van der Waals surface area contributed by atoms with E-state index in [9.17, 15) is 22.8 Å².